The van der Waals surface area contributed by atoms with Crippen molar-refractivity contribution in [2.45, 2.75) is 90.0 Å². The monoisotopic (exact) mass is 518 g/mol. The van der Waals surface area contributed by atoms with Crippen LogP contribution in [0, 0.1) is 0 Å². The molecule has 0 aromatic heterocycles. The van der Waals surface area contributed by atoms with Crippen molar-refractivity contribution in [3.8, 4) is 0 Å². The summed E-state index contributed by atoms with van der Waals surface area (Å²) in [7, 11) is 1.29. The molecule has 0 aromatic rings. The van der Waals surface area contributed by atoms with Crippen LogP contribution in [0.3, 0.4) is 0 Å². The molecule has 0 radical (unpaired) electrons. The molecule has 0 rings (SSSR count). The number of nitrogens with zero attached hydrogens (tertiary/aromatic N) is 1. The summed E-state index contributed by atoms with van der Waals surface area (Å²) in [6.45, 7) is 1.97. The van der Waals surface area contributed by atoms with Crippen LogP contribution in [0.4, 0.5) is 0 Å². The van der Waals surface area contributed by atoms with E-state index in [9.17, 15) is 19.4 Å². The lowest BCUT2D eigenvalue weighted by Crippen LogP contribution is -2.41. The number of rotatable bonds is 23. The normalized spacial score (nSPS) is 15.0. The molecule has 0 aliphatic heterocycles. The van der Waals surface area contributed by atoms with Crippen molar-refractivity contribution in [2.24, 2.45) is 0 Å². The average molecular weight is 519 g/mol. The Bertz CT molecular complexity index is 634. The van der Waals surface area contributed by atoms with Gasteiger partial charge in [-0.2, -0.15) is 0 Å². The molecule has 8 nitrogen and oxygen atoms in total. The van der Waals surface area contributed by atoms with Crippen LogP contribution < -0.4 is 10.2 Å². The zero-order valence-corrected chi connectivity index (χ0v) is 23.5. The lowest BCUT2D eigenvalue weighted by atomic mass is 10.1. The first-order chi connectivity index (χ1) is 16.6. The quantitative estimate of drug-likeness (QED) is 0.0893. The Morgan fingerprint density at radius 2 is 1.57 bits per heavy atom. The van der Waals surface area contributed by atoms with Gasteiger partial charge in [0.2, 0.25) is 5.91 Å². The molecule has 2 N–H and O–H groups in total. The highest BCUT2D eigenvalue weighted by atomic mass is 31.2. The third-order valence-corrected chi connectivity index (χ3v) is 6.35. The summed E-state index contributed by atoms with van der Waals surface area (Å²) in [5.74, 6) is -0.218. The van der Waals surface area contributed by atoms with Crippen molar-refractivity contribution < 1.29 is 32.9 Å². The number of aliphatic hydroxyl groups is 1. The van der Waals surface area contributed by atoms with E-state index in [0.29, 0.717) is 17.4 Å². The predicted octanol–water partition coefficient (Wildman–Crippen LogP) is 4.48. The van der Waals surface area contributed by atoms with Gasteiger partial charge in [-0.1, -0.05) is 63.3 Å². The fraction of sp³-hybridized carbons (Fsp3) is 0.808. The van der Waals surface area contributed by atoms with E-state index >= 15 is 0 Å². The molecular formula is C26H51N2O6P. The zero-order chi connectivity index (χ0) is 26.4. The van der Waals surface area contributed by atoms with E-state index in [-0.39, 0.29) is 19.1 Å². The molecule has 35 heavy (non-hydrogen) atoms. The number of quaternary nitrogens is 1. The summed E-state index contributed by atoms with van der Waals surface area (Å²) in [6.07, 6.45) is 21.6. The molecule has 0 bridgehead atoms. The lowest BCUT2D eigenvalue weighted by molar-refractivity contribution is -0.870. The van der Waals surface area contributed by atoms with Crippen molar-refractivity contribution in [2.75, 3.05) is 47.5 Å². The third-order valence-electron chi connectivity index (χ3n) is 5.39. The molecular weight excluding hydrogens is 467 g/mol. The van der Waals surface area contributed by atoms with Gasteiger partial charge in [-0.05, 0) is 38.5 Å². The highest BCUT2D eigenvalue weighted by molar-refractivity contribution is 7.45. The summed E-state index contributed by atoms with van der Waals surface area (Å²) >= 11 is 0. The fourth-order valence-electron chi connectivity index (χ4n) is 3.18. The molecule has 0 aliphatic rings. The molecule has 2 unspecified atom stereocenters. The minimum Gasteiger partial charge on any atom is -0.756 e. The zero-order valence-electron chi connectivity index (χ0n) is 22.6. The molecule has 0 saturated carbocycles. The van der Waals surface area contributed by atoms with Gasteiger partial charge in [0.25, 0.3) is 7.82 Å². The molecule has 206 valence electrons. The number of carbonyl (C=O) groups is 1. The Labute approximate surface area is 214 Å². The Hall–Kier alpha value is -1.02. The summed E-state index contributed by atoms with van der Waals surface area (Å²) in [5.41, 5.74) is 0. The van der Waals surface area contributed by atoms with Gasteiger partial charge in [-0.15, -0.1) is 0 Å². The number of amides is 1. The van der Waals surface area contributed by atoms with Crippen LogP contribution in [0.5, 0.6) is 0 Å². The Balaban J connectivity index is 3.80. The fourth-order valence-corrected chi connectivity index (χ4v) is 3.92. The molecule has 0 spiro atoms. The Kier molecular flexibility index (Phi) is 20.5. The van der Waals surface area contributed by atoms with Crippen LogP contribution in [-0.4, -0.2) is 69.0 Å². The van der Waals surface area contributed by atoms with Crippen molar-refractivity contribution in [1.82, 2.24) is 5.32 Å². The van der Waals surface area contributed by atoms with Crippen LogP contribution in [0.25, 0.3) is 0 Å². The second-order valence-corrected chi connectivity index (χ2v) is 11.4. The minimum absolute atomic E-state index is 0.00720. The van der Waals surface area contributed by atoms with Gasteiger partial charge in [0.15, 0.2) is 0 Å². The lowest BCUT2D eigenvalue weighted by Gasteiger charge is -2.28. The molecule has 0 aromatic carbocycles. The summed E-state index contributed by atoms with van der Waals surface area (Å²) in [5, 5.41) is 12.0. The number of phosphoric acid groups is 1. The number of phosphoric ester groups is 1. The molecule has 1 amide bonds. The SMILES string of the molecule is CCCCC/C=C\C/C=C\CCCCCCCC(=O)NC(CO)COP(=O)([O-])OCC[N+](C)(C)C. The number of carbonyl (C=O) groups excluding carboxylic acids is 1. The van der Waals surface area contributed by atoms with Gasteiger partial charge in [0, 0.05) is 6.42 Å². The van der Waals surface area contributed by atoms with E-state index in [1.165, 1.54) is 25.7 Å². The maximum Gasteiger partial charge on any atom is 0.268 e. The highest BCUT2D eigenvalue weighted by Gasteiger charge is 2.17. The topological polar surface area (TPSA) is 108 Å². The van der Waals surface area contributed by atoms with E-state index in [2.05, 4.69) is 36.5 Å². The Morgan fingerprint density at radius 3 is 2.17 bits per heavy atom. The van der Waals surface area contributed by atoms with Crippen LogP contribution in [0.1, 0.15) is 84.0 Å². The Morgan fingerprint density at radius 1 is 0.971 bits per heavy atom. The average Bonchev–Trinajstić information content (AvgIpc) is 2.78. The first-order valence-electron chi connectivity index (χ1n) is 13.2. The largest absolute Gasteiger partial charge is 0.756 e. The number of hydrogen-bond acceptors (Lipinski definition) is 6. The molecule has 0 saturated heterocycles. The van der Waals surface area contributed by atoms with E-state index in [4.69, 9.17) is 9.05 Å². The molecule has 9 heteroatoms. The van der Waals surface area contributed by atoms with Crippen LogP contribution in [0.15, 0.2) is 24.3 Å². The standard InChI is InChI=1S/C26H51N2O6P/c1-5-6-7-8-9-10-11-12-13-14-15-16-17-18-19-20-26(30)27-25(23-29)24-34-35(31,32)33-22-21-28(2,3)4/h9-10,12-13,25,29H,5-8,11,14-24H2,1-4H3,(H-,27,30,31,32)/b10-9-,13-12-. The second-order valence-electron chi connectivity index (χ2n) is 10.0. The molecule has 0 heterocycles. The summed E-state index contributed by atoms with van der Waals surface area (Å²) < 4.78 is 22.0. The van der Waals surface area contributed by atoms with E-state index in [1.54, 1.807) is 0 Å². The molecule has 2 atom stereocenters. The van der Waals surface area contributed by atoms with E-state index in [0.717, 1.165) is 44.9 Å². The van der Waals surface area contributed by atoms with Gasteiger partial charge in [0.1, 0.15) is 13.2 Å². The maximum absolute atomic E-state index is 12.1. The second kappa shape index (κ2) is 21.1. The van der Waals surface area contributed by atoms with Gasteiger partial charge in [-0.25, -0.2) is 0 Å². The van der Waals surface area contributed by atoms with E-state index in [1.807, 2.05) is 21.1 Å². The van der Waals surface area contributed by atoms with Crippen molar-refractivity contribution in [3.05, 3.63) is 24.3 Å². The maximum atomic E-state index is 12.1. The van der Waals surface area contributed by atoms with Gasteiger partial charge in [-0.3, -0.25) is 9.36 Å². The first-order valence-corrected chi connectivity index (χ1v) is 14.7. The van der Waals surface area contributed by atoms with Crippen molar-refractivity contribution >= 4 is 13.7 Å². The van der Waals surface area contributed by atoms with Crippen LogP contribution in [-0.2, 0) is 18.4 Å². The number of nitrogens with one attached hydrogen (secondary N) is 1. The highest BCUT2D eigenvalue weighted by Crippen LogP contribution is 2.38. The van der Waals surface area contributed by atoms with Gasteiger partial charge >= 0.3 is 0 Å². The van der Waals surface area contributed by atoms with Gasteiger partial charge in [0.05, 0.1) is 40.4 Å². The van der Waals surface area contributed by atoms with Crippen LogP contribution in [0.2, 0.25) is 0 Å². The number of allylic oxidation sites excluding steroid dienone is 4. The number of hydrogen-bond donors (Lipinski definition) is 2. The number of likely N-dealkylation sites (N-methyl/N-ethyl adjacent to an activating group) is 1. The summed E-state index contributed by atoms with van der Waals surface area (Å²) in [6, 6.07) is -0.787. The predicted molar refractivity (Wildman–Crippen MR) is 141 cm³/mol. The van der Waals surface area contributed by atoms with Crippen molar-refractivity contribution in [1.29, 1.82) is 0 Å². The third kappa shape index (κ3) is 24.5. The van der Waals surface area contributed by atoms with Gasteiger partial charge < -0.3 is 28.8 Å². The summed E-state index contributed by atoms with van der Waals surface area (Å²) in [4.78, 5) is 23.9. The number of aliphatic hydroxyl groups excluding tert-OH is 1. The smallest absolute Gasteiger partial charge is 0.268 e. The minimum atomic E-state index is -4.47. The van der Waals surface area contributed by atoms with Crippen molar-refractivity contribution in [3.63, 3.8) is 0 Å². The molecule has 0 fully saturated rings. The first kappa shape index (κ1) is 34.0. The molecule has 0 aliphatic carbocycles. The van der Waals surface area contributed by atoms with E-state index < -0.39 is 20.5 Å². The number of unbranched alkanes of at least 4 members (excludes halogenated alkanes) is 8. The van der Waals surface area contributed by atoms with Crippen LogP contribution >= 0.6 is 7.82 Å².